The van der Waals surface area contributed by atoms with E-state index in [1.165, 1.54) is 0 Å². The Hall–Kier alpha value is -0.990. The van der Waals surface area contributed by atoms with E-state index >= 15 is 0 Å². The van der Waals surface area contributed by atoms with Gasteiger partial charge in [-0.3, -0.25) is 0 Å². The fourth-order valence-corrected chi connectivity index (χ4v) is 2.13. The molecule has 7 nitrogen and oxygen atoms in total. The quantitative estimate of drug-likeness (QED) is 0.635. The van der Waals surface area contributed by atoms with E-state index in [4.69, 9.17) is 9.63 Å². The van der Waals surface area contributed by atoms with Crippen LogP contribution in [0.15, 0.2) is 4.52 Å². The first-order chi connectivity index (χ1) is 7.53. The maximum absolute atomic E-state index is 11.4. The van der Waals surface area contributed by atoms with Crippen molar-refractivity contribution in [3.8, 4) is 0 Å². The lowest BCUT2D eigenvalue weighted by atomic mass is 10.4. The Balaban J connectivity index is 2.36. The molecule has 0 unspecified atom stereocenters. The number of hydrogen-bond donors (Lipinski definition) is 2. The molecule has 0 aromatic carbocycles. The van der Waals surface area contributed by atoms with Crippen LogP contribution in [0.2, 0.25) is 0 Å². The van der Waals surface area contributed by atoms with E-state index < -0.39 is 10.0 Å². The normalized spacial score (nSPS) is 11.9. The summed E-state index contributed by atoms with van der Waals surface area (Å²) in [6, 6.07) is 0. The molecule has 0 aliphatic carbocycles. The van der Waals surface area contributed by atoms with Crippen LogP contribution in [0.4, 0.5) is 0 Å². The predicted molar refractivity (Wildman–Crippen MR) is 56.0 cm³/mol. The van der Waals surface area contributed by atoms with Crippen molar-refractivity contribution in [3.05, 3.63) is 11.7 Å². The summed E-state index contributed by atoms with van der Waals surface area (Å²) < 4.78 is 29.9. The van der Waals surface area contributed by atoms with Crippen molar-refractivity contribution in [1.29, 1.82) is 0 Å². The molecule has 0 saturated carbocycles. The summed E-state index contributed by atoms with van der Waals surface area (Å²) in [5.74, 6) is 0.693. The van der Waals surface area contributed by atoms with Gasteiger partial charge in [0.05, 0.1) is 12.3 Å². The van der Waals surface area contributed by atoms with Gasteiger partial charge in [0.25, 0.3) is 0 Å². The van der Waals surface area contributed by atoms with Crippen LogP contribution < -0.4 is 4.72 Å². The van der Waals surface area contributed by atoms with E-state index in [9.17, 15) is 8.42 Å². The molecule has 0 aliphatic rings. The van der Waals surface area contributed by atoms with E-state index in [1.807, 2.05) is 0 Å². The zero-order chi connectivity index (χ0) is 12.0. The van der Waals surface area contributed by atoms with Crippen LogP contribution in [0.5, 0.6) is 0 Å². The minimum atomic E-state index is -3.33. The second-order valence-electron chi connectivity index (χ2n) is 3.31. The second-order valence-corrected chi connectivity index (χ2v) is 5.23. The van der Waals surface area contributed by atoms with Crippen LogP contribution in [0.1, 0.15) is 24.6 Å². The van der Waals surface area contributed by atoms with Crippen molar-refractivity contribution in [3.63, 3.8) is 0 Å². The zero-order valence-electron chi connectivity index (χ0n) is 9.01. The number of nitrogens with one attached hydrogen (secondary N) is 1. The first-order valence-electron chi connectivity index (χ1n) is 4.91. The Morgan fingerprint density at radius 3 is 2.75 bits per heavy atom. The molecule has 2 N–H and O–H groups in total. The summed E-state index contributed by atoms with van der Waals surface area (Å²) >= 11 is 0. The highest BCUT2D eigenvalue weighted by molar-refractivity contribution is 7.89. The average Bonchev–Trinajstić information content (AvgIpc) is 2.62. The van der Waals surface area contributed by atoms with Crippen LogP contribution >= 0.6 is 0 Å². The van der Waals surface area contributed by atoms with E-state index in [2.05, 4.69) is 14.9 Å². The molecule has 16 heavy (non-hydrogen) atoms. The second kappa shape index (κ2) is 5.92. The monoisotopic (exact) mass is 249 g/mol. The van der Waals surface area contributed by atoms with Gasteiger partial charge in [-0.15, -0.1) is 0 Å². The molecule has 0 spiro atoms. The van der Waals surface area contributed by atoms with Crippen LogP contribution in [0, 0.1) is 6.92 Å². The van der Waals surface area contributed by atoms with Gasteiger partial charge in [-0.25, -0.2) is 13.1 Å². The number of unbranched alkanes of at least 4 members (excludes halogenated alkanes) is 1. The number of hydrogen-bond acceptors (Lipinski definition) is 6. The fourth-order valence-electron chi connectivity index (χ4n) is 1.06. The minimum absolute atomic E-state index is 0.00161. The number of aliphatic hydroxyl groups excluding tert-OH is 1. The molecule has 0 bridgehead atoms. The van der Waals surface area contributed by atoms with E-state index in [0.29, 0.717) is 18.7 Å². The summed E-state index contributed by atoms with van der Waals surface area (Å²) in [5, 5.41) is 12.1. The third kappa shape index (κ3) is 4.69. The molecule has 0 saturated heterocycles. The number of rotatable bonds is 7. The number of sulfonamides is 1. The molecule has 0 aliphatic heterocycles. The fraction of sp³-hybridized carbons (Fsp3) is 0.750. The van der Waals surface area contributed by atoms with Crippen molar-refractivity contribution >= 4 is 10.0 Å². The first-order valence-corrected chi connectivity index (χ1v) is 6.56. The highest BCUT2D eigenvalue weighted by Crippen LogP contribution is 1.98. The van der Waals surface area contributed by atoms with Gasteiger partial charge in [0, 0.05) is 6.61 Å². The number of aryl methyl sites for hydroxylation is 1. The molecule has 0 fully saturated rings. The van der Waals surface area contributed by atoms with Crippen molar-refractivity contribution in [2.75, 3.05) is 12.4 Å². The summed E-state index contributed by atoms with van der Waals surface area (Å²) in [5.41, 5.74) is 0. The standard InChI is InChI=1S/C8H15N3O4S/c1-7-10-8(15-11-7)6-9-16(13,14)5-3-2-4-12/h9,12H,2-6H2,1H3. The van der Waals surface area contributed by atoms with Crippen LogP contribution in [0.3, 0.4) is 0 Å². The molecule has 8 heteroatoms. The van der Waals surface area contributed by atoms with Gasteiger partial charge in [-0.05, 0) is 19.8 Å². The highest BCUT2D eigenvalue weighted by atomic mass is 32.2. The molecular weight excluding hydrogens is 234 g/mol. The molecule has 92 valence electrons. The lowest BCUT2D eigenvalue weighted by molar-refractivity contribution is 0.287. The molecular formula is C8H15N3O4S. The predicted octanol–water partition coefficient (Wildman–Crippen LogP) is -0.430. The number of aliphatic hydroxyl groups is 1. The van der Waals surface area contributed by atoms with Crippen molar-refractivity contribution in [2.24, 2.45) is 0 Å². The average molecular weight is 249 g/mol. The SMILES string of the molecule is Cc1noc(CNS(=O)(=O)CCCCO)n1. The topological polar surface area (TPSA) is 105 Å². The van der Waals surface area contributed by atoms with Gasteiger partial charge in [-0.1, -0.05) is 5.16 Å². The maximum Gasteiger partial charge on any atom is 0.241 e. The Labute approximate surface area is 93.9 Å². The summed E-state index contributed by atoms with van der Waals surface area (Å²) in [6.07, 6.45) is 0.898. The van der Waals surface area contributed by atoms with Crippen molar-refractivity contribution in [2.45, 2.75) is 26.3 Å². The van der Waals surface area contributed by atoms with Crippen LogP contribution in [-0.4, -0.2) is 36.0 Å². The molecule has 1 heterocycles. The van der Waals surface area contributed by atoms with Gasteiger partial charge in [0.15, 0.2) is 5.82 Å². The summed E-state index contributed by atoms with van der Waals surface area (Å²) in [4.78, 5) is 3.87. The van der Waals surface area contributed by atoms with Crippen LogP contribution in [-0.2, 0) is 16.6 Å². The smallest absolute Gasteiger partial charge is 0.241 e. The lowest BCUT2D eigenvalue weighted by Crippen LogP contribution is -2.26. The highest BCUT2D eigenvalue weighted by Gasteiger charge is 2.11. The van der Waals surface area contributed by atoms with Crippen molar-refractivity contribution in [1.82, 2.24) is 14.9 Å². The molecule has 1 rings (SSSR count). The van der Waals surface area contributed by atoms with E-state index in [1.54, 1.807) is 6.92 Å². The Morgan fingerprint density at radius 1 is 1.44 bits per heavy atom. The zero-order valence-corrected chi connectivity index (χ0v) is 9.83. The third-order valence-electron chi connectivity index (χ3n) is 1.83. The molecule has 1 aromatic rings. The number of aromatic nitrogens is 2. The summed E-state index contributed by atoms with van der Waals surface area (Å²) in [6.45, 7) is 1.66. The third-order valence-corrected chi connectivity index (χ3v) is 3.24. The van der Waals surface area contributed by atoms with Crippen molar-refractivity contribution < 1.29 is 18.0 Å². The van der Waals surface area contributed by atoms with Gasteiger partial charge in [0.2, 0.25) is 15.9 Å². The van der Waals surface area contributed by atoms with Crippen LogP contribution in [0.25, 0.3) is 0 Å². The van der Waals surface area contributed by atoms with Gasteiger partial charge < -0.3 is 9.63 Å². The van der Waals surface area contributed by atoms with Gasteiger partial charge in [0.1, 0.15) is 0 Å². The lowest BCUT2D eigenvalue weighted by Gasteiger charge is -2.03. The van der Waals surface area contributed by atoms with E-state index in [-0.39, 0.29) is 24.8 Å². The van der Waals surface area contributed by atoms with Gasteiger partial charge >= 0.3 is 0 Å². The Bertz CT molecular complexity index is 415. The van der Waals surface area contributed by atoms with Gasteiger partial charge in [-0.2, -0.15) is 4.98 Å². The first kappa shape index (κ1) is 13.1. The maximum atomic E-state index is 11.4. The Kier molecular flexibility index (Phi) is 4.84. The van der Waals surface area contributed by atoms with E-state index in [0.717, 1.165) is 0 Å². The molecule has 0 radical (unpaired) electrons. The minimum Gasteiger partial charge on any atom is -0.396 e. The molecule has 0 amide bonds. The Morgan fingerprint density at radius 2 is 2.19 bits per heavy atom. The molecule has 1 aromatic heterocycles. The number of nitrogens with zero attached hydrogens (tertiary/aromatic N) is 2. The molecule has 0 atom stereocenters. The summed E-state index contributed by atoms with van der Waals surface area (Å²) in [7, 11) is -3.33. The largest absolute Gasteiger partial charge is 0.396 e.